The van der Waals surface area contributed by atoms with E-state index in [1.165, 1.54) is 6.92 Å². The van der Waals surface area contributed by atoms with Crippen molar-refractivity contribution in [1.82, 2.24) is 0 Å². The second-order valence-electron chi connectivity index (χ2n) is 2.85. The van der Waals surface area contributed by atoms with Gasteiger partial charge in [-0.15, -0.1) is 0 Å². The van der Waals surface area contributed by atoms with E-state index in [2.05, 4.69) is 0 Å². The van der Waals surface area contributed by atoms with Crippen molar-refractivity contribution in [2.24, 2.45) is 0 Å². The van der Waals surface area contributed by atoms with Gasteiger partial charge >= 0.3 is 6.18 Å². The third-order valence-electron chi connectivity index (χ3n) is 1.81. The Morgan fingerprint density at radius 2 is 1.75 bits per heavy atom. The molecule has 5 heteroatoms. The summed E-state index contributed by atoms with van der Waals surface area (Å²) >= 11 is 0. The summed E-state index contributed by atoms with van der Waals surface area (Å²) in [6.45, 7) is 2.45. The fourth-order valence-corrected chi connectivity index (χ4v) is 0.969. The number of hydrogen-bond donors (Lipinski definition) is 2. The first-order chi connectivity index (χ1) is 5.25. The minimum Gasteiger partial charge on any atom is -0.390 e. The first kappa shape index (κ1) is 11.7. The fourth-order valence-electron chi connectivity index (χ4n) is 0.969. The molecule has 0 bridgehead atoms. The highest BCUT2D eigenvalue weighted by Gasteiger charge is 2.56. The molecule has 2 N–H and O–H groups in total. The molecule has 2 nitrogen and oxygen atoms in total. The van der Waals surface area contributed by atoms with Crippen LogP contribution in [0.1, 0.15) is 26.7 Å². The van der Waals surface area contributed by atoms with Crippen molar-refractivity contribution in [3.05, 3.63) is 0 Å². The van der Waals surface area contributed by atoms with Crippen molar-refractivity contribution in [1.29, 1.82) is 0 Å². The molecule has 2 atom stereocenters. The highest BCUT2D eigenvalue weighted by atomic mass is 19.4. The zero-order chi connectivity index (χ0) is 9.99. The zero-order valence-corrected chi connectivity index (χ0v) is 7.02. The molecule has 12 heavy (non-hydrogen) atoms. The largest absolute Gasteiger partial charge is 0.419 e. The maximum Gasteiger partial charge on any atom is 0.419 e. The number of halogens is 3. The van der Waals surface area contributed by atoms with Crippen molar-refractivity contribution >= 4 is 0 Å². The Hall–Kier alpha value is -0.290. The second kappa shape index (κ2) is 3.62. The van der Waals surface area contributed by atoms with E-state index < -0.39 is 24.3 Å². The molecule has 0 saturated carbocycles. The Morgan fingerprint density at radius 1 is 1.33 bits per heavy atom. The Labute approximate surface area is 69.0 Å². The van der Waals surface area contributed by atoms with Gasteiger partial charge in [0, 0.05) is 0 Å². The Bertz CT molecular complexity index is 144. The van der Waals surface area contributed by atoms with Gasteiger partial charge in [0.2, 0.25) is 0 Å². The van der Waals surface area contributed by atoms with Gasteiger partial charge < -0.3 is 10.2 Å². The summed E-state index contributed by atoms with van der Waals surface area (Å²) in [7, 11) is 0. The summed E-state index contributed by atoms with van der Waals surface area (Å²) in [5, 5.41) is 17.8. The van der Waals surface area contributed by atoms with Crippen molar-refractivity contribution < 1.29 is 23.4 Å². The molecule has 0 saturated heterocycles. The summed E-state index contributed by atoms with van der Waals surface area (Å²) in [6.07, 6.45) is -6.87. The van der Waals surface area contributed by atoms with E-state index in [1.54, 1.807) is 0 Å². The molecule has 0 radical (unpaired) electrons. The van der Waals surface area contributed by atoms with E-state index in [0.29, 0.717) is 0 Å². The average Bonchev–Trinajstić information content (AvgIpc) is 1.85. The molecular formula is C7H13F3O2. The first-order valence-corrected chi connectivity index (χ1v) is 3.73. The summed E-state index contributed by atoms with van der Waals surface area (Å²) in [5.41, 5.74) is -2.96. The lowest BCUT2D eigenvalue weighted by Gasteiger charge is -2.32. The van der Waals surface area contributed by atoms with Crippen LogP contribution in [0.5, 0.6) is 0 Å². The highest BCUT2D eigenvalue weighted by Crippen LogP contribution is 2.36. The van der Waals surface area contributed by atoms with Crippen molar-refractivity contribution in [3.8, 4) is 0 Å². The third-order valence-corrected chi connectivity index (χ3v) is 1.81. The van der Waals surface area contributed by atoms with Gasteiger partial charge in [-0.05, 0) is 13.3 Å². The zero-order valence-electron chi connectivity index (χ0n) is 7.02. The standard InChI is InChI=1S/C7H13F3O2/c1-3-4-6(12,5(2)11)7(8,9)10/h5,11-12H,3-4H2,1-2H3. The molecule has 0 aromatic carbocycles. The molecule has 0 fully saturated rings. The Kier molecular flexibility index (Phi) is 3.53. The van der Waals surface area contributed by atoms with E-state index in [4.69, 9.17) is 10.2 Å². The Morgan fingerprint density at radius 3 is 1.83 bits per heavy atom. The molecule has 0 aromatic rings. The lowest BCUT2D eigenvalue weighted by atomic mass is 9.92. The van der Waals surface area contributed by atoms with Crippen LogP contribution in [-0.4, -0.2) is 28.1 Å². The maximum absolute atomic E-state index is 12.1. The normalized spacial score (nSPS) is 20.2. The highest BCUT2D eigenvalue weighted by molar-refractivity contribution is 4.90. The van der Waals surface area contributed by atoms with Gasteiger partial charge in [-0.1, -0.05) is 13.3 Å². The number of hydrogen-bond acceptors (Lipinski definition) is 2. The maximum atomic E-state index is 12.1. The SMILES string of the molecule is CCCC(O)(C(C)O)C(F)(F)F. The van der Waals surface area contributed by atoms with E-state index >= 15 is 0 Å². The van der Waals surface area contributed by atoms with Gasteiger partial charge in [-0.2, -0.15) is 13.2 Å². The second-order valence-corrected chi connectivity index (χ2v) is 2.85. The van der Waals surface area contributed by atoms with Crippen LogP contribution in [0.25, 0.3) is 0 Å². The first-order valence-electron chi connectivity index (χ1n) is 3.73. The monoisotopic (exact) mass is 186 g/mol. The lowest BCUT2D eigenvalue weighted by molar-refractivity contribution is -0.290. The molecule has 0 amide bonds. The van der Waals surface area contributed by atoms with Crippen LogP contribution in [0.3, 0.4) is 0 Å². The van der Waals surface area contributed by atoms with Gasteiger partial charge in [-0.3, -0.25) is 0 Å². The Balaban J connectivity index is 4.62. The molecule has 74 valence electrons. The van der Waals surface area contributed by atoms with Crippen molar-refractivity contribution in [3.63, 3.8) is 0 Å². The predicted molar refractivity (Wildman–Crippen MR) is 37.6 cm³/mol. The summed E-state index contributed by atoms with van der Waals surface area (Å²) in [6, 6.07) is 0. The molecule has 0 aliphatic heterocycles. The predicted octanol–water partition coefficient (Wildman–Crippen LogP) is 1.46. The summed E-state index contributed by atoms with van der Waals surface area (Å²) in [4.78, 5) is 0. The van der Waals surface area contributed by atoms with Crippen LogP contribution in [-0.2, 0) is 0 Å². The minimum atomic E-state index is -4.77. The van der Waals surface area contributed by atoms with E-state index in [-0.39, 0.29) is 6.42 Å². The van der Waals surface area contributed by atoms with Crippen LogP contribution in [0.4, 0.5) is 13.2 Å². The topological polar surface area (TPSA) is 40.5 Å². The average molecular weight is 186 g/mol. The summed E-state index contributed by atoms with van der Waals surface area (Å²) < 4.78 is 36.4. The van der Waals surface area contributed by atoms with Gasteiger partial charge in [-0.25, -0.2) is 0 Å². The number of rotatable bonds is 3. The van der Waals surface area contributed by atoms with E-state index in [0.717, 1.165) is 6.92 Å². The fraction of sp³-hybridized carbons (Fsp3) is 1.00. The molecule has 2 unspecified atom stereocenters. The molecule has 0 aromatic heterocycles. The smallest absolute Gasteiger partial charge is 0.390 e. The van der Waals surface area contributed by atoms with Gasteiger partial charge in [0.1, 0.15) is 0 Å². The quantitative estimate of drug-likeness (QED) is 0.700. The van der Waals surface area contributed by atoms with Crippen LogP contribution in [0, 0.1) is 0 Å². The van der Waals surface area contributed by atoms with E-state index in [9.17, 15) is 13.2 Å². The van der Waals surface area contributed by atoms with Gasteiger partial charge in [0.25, 0.3) is 0 Å². The number of aliphatic hydroxyl groups excluding tert-OH is 1. The molecule has 0 aliphatic carbocycles. The molecule has 0 aliphatic rings. The molecule has 0 rings (SSSR count). The molecule has 0 heterocycles. The van der Waals surface area contributed by atoms with Crippen molar-refractivity contribution in [2.45, 2.75) is 44.6 Å². The van der Waals surface area contributed by atoms with Gasteiger partial charge in [0.15, 0.2) is 5.60 Å². The summed E-state index contributed by atoms with van der Waals surface area (Å²) in [5.74, 6) is 0. The lowest BCUT2D eigenvalue weighted by Crippen LogP contribution is -2.53. The van der Waals surface area contributed by atoms with Crippen LogP contribution in [0.15, 0.2) is 0 Å². The van der Waals surface area contributed by atoms with Crippen LogP contribution in [0.2, 0.25) is 0 Å². The van der Waals surface area contributed by atoms with E-state index in [1.807, 2.05) is 0 Å². The van der Waals surface area contributed by atoms with Crippen molar-refractivity contribution in [2.75, 3.05) is 0 Å². The number of alkyl halides is 3. The van der Waals surface area contributed by atoms with Gasteiger partial charge in [0.05, 0.1) is 6.10 Å². The van der Waals surface area contributed by atoms with Crippen LogP contribution < -0.4 is 0 Å². The number of aliphatic hydroxyl groups is 2. The minimum absolute atomic E-state index is 0.168. The third kappa shape index (κ3) is 2.10. The molecular weight excluding hydrogens is 173 g/mol. The van der Waals surface area contributed by atoms with Crippen LogP contribution >= 0.6 is 0 Å². The molecule has 0 spiro atoms.